The summed E-state index contributed by atoms with van der Waals surface area (Å²) in [5.74, 6) is 1.33. The Hall–Kier alpha value is -3.52. The second-order valence-electron chi connectivity index (χ2n) is 8.75. The summed E-state index contributed by atoms with van der Waals surface area (Å²) in [6.45, 7) is 5.75. The number of ether oxygens (including phenoxy) is 4. The minimum Gasteiger partial charge on any atom is -0.507 e. The SMILES string of the molecule is CCOC(=O)C1CCN(Cc2c(O)cc(C)c3c2O/C(=C/c2cc(OC)ccc2OC)C3=O)CC1. The van der Waals surface area contributed by atoms with Crippen LogP contribution in [-0.2, 0) is 16.1 Å². The molecule has 0 spiro atoms. The highest BCUT2D eigenvalue weighted by atomic mass is 16.5. The van der Waals surface area contributed by atoms with Gasteiger partial charge in [0, 0.05) is 12.1 Å². The molecule has 0 unspecified atom stereocenters. The van der Waals surface area contributed by atoms with E-state index in [2.05, 4.69) is 4.90 Å². The quantitative estimate of drug-likeness (QED) is 0.466. The van der Waals surface area contributed by atoms with Gasteiger partial charge in [-0.2, -0.15) is 0 Å². The van der Waals surface area contributed by atoms with Crippen molar-refractivity contribution in [3.63, 3.8) is 0 Å². The number of carbonyl (C=O) groups is 2. The highest BCUT2D eigenvalue weighted by Gasteiger charge is 2.35. The summed E-state index contributed by atoms with van der Waals surface area (Å²) in [6, 6.07) is 6.92. The second-order valence-corrected chi connectivity index (χ2v) is 8.75. The molecule has 186 valence electrons. The third-order valence-electron chi connectivity index (χ3n) is 6.53. The number of rotatable bonds is 7. The topological polar surface area (TPSA) is 94.5 Å². The minimum atomic E-state index is -0.246. The zero-order valence-corrected chi connectivity index (χ0v) is 20.6. The number of nitrogens with zero attached hydrogens (tertiary/aromatic N) is 1. The Morgan fingerprint density at radius 2 is 1.94 bits per heavy atom. The predicted molar refractivity (Wildman–Crippen MR) is 130 cm³/mol. The first-order valence-corrected chi connectivity index (χ1v) is 11.8. The molecule has 1 N–H and O–H groups in total. The van der Waals surface area contributed by atoms with Gasteiger partial charge in [0.05, 0.1) is 37.9 Å². The van der Waals surface area contributed by atoms with Crippen LogP contribution in [-0.4, -0.2) is 55.7 Å². The maximum atomic E-state index is 13.3. The molecular weight excluding hydrogens is 450 g/mol. The lowest BCUT2D eigenvalue weighted by Crippen LogP contribution is -2.36. The van der Waals surface area contributed by atoms with E-state index in [1.54, 1.807) is 51.5 Å². The van der Waals surface area contributed by atoms with Gasteiger partial charge in [-0.05, 0) is 75.7 Å². The van der Waals surface area contributed by atoms with E-state index < -0.39 is 0 Å². The molecule has 2 heterocycles. The van der Waals surface area contributed by atoms with Gasteiger partial charge in [0.2, 0.25) is 5.78 Å². The molecule has 0 radical (unpaired) electrons. The monoisotopic (exact) mass is 481 g/mol. The normalized spacial score (nSPS) is 17.3. The molecule has 0 saturated carbocycles. The molecule has 0 amide bonds. The minimum absolute atomic E-state index is 0.0850. The van der Waals surface area contributed by atoms with Crippen LogP contribution in [0.4, 0.5) is 0 Å². The second kappa shape index (κ2) is 10.4. The lowest BCUT2D eigenvalue weighted by Gasteiger charge is -2.31. The molecule has 35 heavy (non-hydrogen) atoms. The van der Waals surface area contributed by atoms with Crippen LogP contribution >= 0.6 is 0 Å². The standard InChI is InChI=1S/C27H31NO7/c1-5-34-27(31)17-8-10-28(11-9-17)15-20-21(29)12-16(2)24-25(30)23(35-26(20)24)14-18-13-19(32-3)6-7-22(18)33-4/h6-7,12-14,17,29H,5,8-11,15H2,1-4H3/b23-14+. The van der Waals surface area contributed by atoms with Crippen molar-refractivity contribution in [2.45, 2.75) is 33.2 Å². The zero-order valence-electron chi connectivity index (χ0n) is 20.6. The maximum absolute atomic E-state index is 13.3. The summed E-state index contributed by atoms with van der Waals surface area (Å²) >= 11 is 0. The number of allylic oxidation sites excluding steroid dienone is 1. The molecule has 0 aliphatic carbocycles. The molecule has 2 aromatic rings. The third kappa shape index (κ3) is 4.98. The highest BCUT2D eigenvalue weighted by molar-refractivity contribution is 6.16. The molecule has 2 aliphatic rings. The number of phenols is 1. The third-order valence-corrected chi connectivity index (χ3v) is 6.53. The first kappa shape index (κ1) is 24.6. The van der Waals surface area contributed by atoms with Crippen molar-refractivity contribution in [2.75, 3.05) is 33.9 Å². The van der Waals surface area contributed by atoms with Crippen molar-refractivity contribution in [1.29, 1.82) is 0 Å². The number of piperidine rings is 1. The molecule has 0 atom stereocenters. The maximum Gasteiger partial charge on any atom is 0.309 e. The van der Waals surface area contributed by atoms with E-state index in [1.165, 1.54) is 0 Å². The zero-order chi connectivity index (χ0) is 25.1. The van der Waals surface area contributed by atoms with E-state index in [-0.39, 0.29) is 29.2 Å². The van der Waals surface area contributed by atoms with Crippen molar-refractivity contribution in [1.82, 2.24) is 4.90 Å². The number of benzene rings is 2. The molecule has 1 saturated heterocycles. The molecular formula is C27H31NO7. The lowest BCUT2D eigenvalue weighted by molar-refractivity contribution is -0.149. The number of hydrogen-bond acceptors (Lipinski definition) is 8. The number of likely N-dealkylation sites (tertiary alicyclic amines) is 1. The van der Waals surface area contributed by atoms with E-state index in [9.17, 15) is 14.7 Å². The van der Waals surface area contributed by atoms with Crippen LogP contribution < -0.4 is 14.2 Å². The van der Waals surface area contributed by atoms with E-state index in [0.717, 1.165) is 0 Å². The van der Waals surface area contributed by atoms with Crippen LogP contribution in [0.25, 0.3) is 6.08 Å². The van der Waals surface area contributed by atoms with Crippen molar-refractivity contribution in [3.05, 3.63) is 52.3 Å². The number of methoxy groups -OCH3 is 2. The highest BCUT2D eigenvalue weighted by Crippen LogP contribution is 2.43. The number of aromatic hydroxyl groups is 1. The largest absolute Gasteiger partial charge is 0.507 e. The fourth-order valence-electron chi connectivity index (χ4n) is 4.64. The van der Waals surface area contributed by atoms with Crippen LogP contribution in [0.5, 0.6) is 23.0 Å². The Balaban J connectivity index is 1.59. The van der Waals surface area contributed by atoms with Crippen LogP contribution in [0.3, 0.4) is 0 Å². The fraction of sp³-hybridized carbons (Fsp3) is 0.407. The van der Waals surface area contributed by atoms with Crippen molar-refractivity contribution >= 4 is 17.8 Å². The molecule has 2 aliphatic heterocycles. The van der Waals surface area contributed by atoms with E-state index in [1.807, 2.05) is 6.92 Å². The number of phenolic OH excluding ortho intramolecular Hbond substituents is 1. The number of Topliss-reactive ketones (excluding diaryl/α,β-unsaturated/α-hetero) is 1. The summed E-state index contributed by atoms with van der Waals surface area (Å²) < 4.78 is 22.0. The van der Waals surface area contributed by atoms with Crippen LogP contribution in [0.2, 0.25) is 0 Å². The number of ketones is 1. The smallest absolute Gasteiger partial charge is 0.309 e. The van der Waals surface area contributed by atoms with Gasteiger partial charge in [-0.3, -0.25) is 14.5 Å². The molecule has 8 nitrogen and oxygen atoms in total. The summed E-state index contributed by atoms with van der Waals surface area (Å²) in [6.07, 6.45) is 3.01. The van der Waals surface area contributed by atoms with Gasteiger partial charge in [0.1, 0.15) is 23.0 Å². The van der Waals surface area contributed by atoms with Gasteiger partial charge in [-0.25, -0.2) is 0 Å². The number of fused-ring (bicyclic) bond motifs is 1. The molecule has 4 rings (SSSR count). The number of esters is 1. The van der Waals surface area contributed by atoms with Gasteiger partial charge in [0.25, 0.3) is 0 Å². The average molecular weight is 482 g/mol. The Kier molecular flexibility index (Phi) is 7.31. The Morgan fingerprint density at radius 3 is 2.60 bits per heavy atom. The van der Waals surface area contributed by atoms with Crippen molar-refractivity contribution in [2.24, 2.45) is 5.92 Å². The molecule has 0 bridgehead atoms. The summed E-state index contributed by atoms with van der Waals surface area (Å²) in [4.78, 5) is 27.5. The van der Waals surface area contributed by atoms with Gasteiger partial charge in [-0.1, -0.05) is 0 Å². The van der Waals surface area contributed by atoms with Crippen LogP contribution in [0.1, 0.15) is 46.8 Å². The first-order valence-electron chi connectivity index (χ1n) is 11.8. The van der Waals surface area contributed by atoms with Crippen molar-refractivity contribution < 1.29 is 33.6 Å². The van der Waals surface area contributed by atoms with E-state index in [4.69, 9.17) is 18.9 Å². The summed E-state index contributed by atoms with van der Waals surface area (Å²) in [5.41, 5.74) is 2.31. The molecule has 1 fully saturated rings. The van der Waals surface area contributed by atoms with Gasteiger partial charge in [-0.15, -0.1) is 0 Å². The number of hydrogen-bond donors (Lipinski definition) is 1. The van der Waals surface area contributed by atoms with Crippen LogP contribution in [0, 0.1) is 12.8 Å². The Bertz CT molecular complexity index is 1160. The summed E-state index contributed by atoms with van der Waals surface area (Å²) in [7, 11) is 3.13. The predicted octanol–water partition coefficient (Wildman–Crippen LogP) is 4.11. The lowest BCUT2D eigenvalue weighted by atomic mass is 9.95. The van der Waals surface area contributed by atoms with Gasteiger partial charge >= 0.3 is 5.97 Å². The van der Waals surface area contributed by atoms with Crippen LogP contribution in [0.15, 0.2) is 30.0 Å². The molecule has 0 aromatic heterocycles. The first-order chi connectivity index (χ1) is 16.9. The Morgan fingerprint density at radius 1 is 1.20 bits per heavy atom. The number of carbonyl (C=O) groups excluding carboxylic acids is 2. The molecule has 8 heteroatoms. The summed E-state index contributed by atoms with van der Waals surface area (Å²) in [5, 5.41) is 10.8. The number of aryl methyl sites for hydroxylation is 1. The van der Waals surface area contributed by atoms with Crippen molar-refractivity contribution in [3.8, 4) is 23.0 Å². The van der Waals surface area contributed by atoms with E-state index in [0.29, 0.717) is 78.6 Å². The van der Waals surface area contributed by atoms with Gasteiger partial charge < -0.3 is 24.1 Å². The molecule has 2 aromatic carbocycles. The van der Waals surface area contributed by atoms with E-state index >= 15 is 0 Å². The average Bonchev–Trinajstić information content (AvgIpc) is 3.18. The van der Waals surface area contributed by atoms with Gasteiger partial charge in [0.15, 0.2) is 5.76 Å². The Labute approximate surface area is 205 Å². The fourth-order valence-corrected chi connectivity index (χ4v) is 4.64.